The van der Waals surface area contributed by atoms with Crippen LogP contribution in [0.3, 0.4) is 0 Å². The zero-order valence-corrected chi connectivity index (χ0v) is 12.4. The third-order valence-corrected chi connectivity index (χ3v) is 4.28. The summed E-state index contributed by atoms with van der Waals surface area (Å²) in [5, 5.41) is 3.40. The van der Waals surface area contributed by atoms with Crippen LogP contribution in [0.4, 0.5) is 5.69 Å². The Morgan fingerprint density at radius 2 is 1.93 bits per heavy atom. The zero-order valence-electron chi connectivity index (χ0n) is 9.22. The van der Waals surface area contributed by atoms with Crippen molar-refractivity contribution in [1.82, 2.24) is 4.90 Å². The molecule has 0 amide bonds. The summed E-state index contributed by atoms with van der Waals surface area (Å²) in [5.41, 5.74) is 1.14. The highest BCUT2D eigenvalue weighted by Crippen LogP contribution is 2.25. The van der Waals surface area contributed by atoms with E-state index in [1.807, 2.05) is 6.07 Å². The summed E-state index contributed by atoms with van der Waals surface area (Å²) >= 11 is 6.93. The smallest absolute Gasteiger partial charge is 0.0352 e. The standard InChI is InChI=1S/C11H16Br2N2/c1-8(15(2)3)7-14-9-4-5-10(12)11(13)6-9/h4-6,8,14H,7H2,1-3H3. The minimum atomic E-state index is 0.521. The molecule has 0 aliphatic carbocycles. The number of halogens is 2. The Morgan fingerprint density at radius 1 is 1.27 bits per heavy atom. The van der Waals surface area contributed by atoms with Crippen molar-refractivity contribution in [3.05, 3.63) is 27.1 Å². The van der Waals surface area contributed by atoms with Crippen LogP contribution in [-0.4, -0.2) is 31.6 Å². The summed E-state index contributed by atoms with van der Waals surface area (Å²) in [6.07, 6.45) is 0. The van der Waals surface area contributed by atoms with Gasteiger partial charge in [0.2, 0.25) is 0 Å². The molecule has 0 spiro atoms. The van der Waals surface area contributed by atoms with Gasteiger partial charge in [-0.3, -0.25) is 0 Å². The van der Waals surface area contributed by atoms with Gasteiger partial charge in [-0.15, -0.1) is 0 Å². The first-order valence-electron chi connectivity index (χ1n) is 4.86. The van der Waals surface area contributed by atoms with Crippen molar-refractivity contribution in [2.75, 3.05) is 26.0 Å². The SMILES string of the molecule is CC(CNc1ccc(Br)c(Br)c1)N(C)C. The number of nitrogens with zero attached hydrogens (tertiary/aromatic N) is 1. The second kappa shape index (κ2) is 5.87. The maximum Gasteiger partial charge on any atom is 0.0352 e. The Bertz CT molecular complexity index is 326. The van der Waals surface area contributed by atoms with Crippen LogP contribution < -0.4 is 5.32 Å². The number of likely N-dealkylation sites (N-methyl/N-ethyl adjacent to an activating group) is 1. The Morgan fingerprint density at radius 3 is 2.47 bits per heavy atom. The Hall–Kier alpha value is -0.0600. The van der Waals surface area contributed by atoms with Crippen molar-refractivity contribution in [2.45, 2.75) is 13.0 Å². The van der Waals surface area contributed by atoms with Crippen molar-refractivity contribution < 1.29 is 0 Å². The van der Waals surface area contributed by atoms with E-state index in [0.717, 1.165) is 21.2 Å². The number of hydrogen-bond acceptors (Lipinski definition) is 2. The molecule has 0 saturated heterocycles. The van der Waals surface area contributed by atoms with E-state index in [0.29, 0.717) is 6.04 Å². The van der Waals surface area contributed by atoms with Gasteiger partial charge in [-0.1, -0.05) is 0 Å². The predicted octanol–water partition coefficient (Wildman–Crippen LogP) is 3.57. The molecule has 1 aromatic rings. The molecule has 15 heavy (non-hydrogen) atoms. The van der Waals surface area contributed by atoms with Crippen LogP contribution >= 0.6 is 31.9 Å². The van der Waals surface area contributed by atoms with E-state index in [9.17, 15) is 0 Å². The van der Waals surface area contributed by atoms with E-state index < -0.39 is 0 Å². The average molecular weight is 336 g/mol. The van der Waals surface area contributed by atoms with E-state index >= 15 is 0 Å². The molecule has 0 aliphatic rings. The van der Waals surface area contributed by atoms with Crippen LogP contribution in [0.25, 0.3) is 0 Å². The van der Waals surface area contributed by atoms with Gasteiger partial charge in [-0.05, 0) is 71.1 Å². The molecule has 0 radical (unpaired) electrons. The van der Waals surface area contributed by atoms with E-state index in [4.69, 9.17) is 0 Å². The fourth-order valence-electron chi connectivity index (χ4n) is 1.05. The fraction of sp³-hybridized carbons (Fsp3) is 0.455. The molecular weight excluding hydrogens is 320 g/mol. The second-order valence-corrected chi connectivity index (χ2v) is 5.53. The van der Waals surface area contributed by atoms with Crippen molar-refractivity contribution in [3.8, 4) is 0 Å². The van der Waals surface area contributed by atoms with Crippen LogP contribution in [0, 0.1) is 0 Å². The highest BCUT2D eigenvalue weighted by atomic mass is 79.9. The summed E-state index contributed by atoms with van der Waals surface area (Å²) in [6, 6.07) is 6.70. The summed E-state index contributed by atoms with van der Waals surface area (Å²) in [5.74, 6) is 0. The minimum absolute atomic E-state index is 0.521. The molecule has 1 atom stereocenters. The van der Waals surface area contributed by atoms with E-state index in [1.54, 1.807) is 0 Å². The molecule has 1 rings (SSSR count). The van der Waals surface area contributed by atoms with E-state index in [-0.39, 0.29) is 0 Å². The van der Waals surface area contributed by atoms with Crippen LogP contribution in [0.15, 0.2) is 27.1 Å². The number of benzene rings is 1. The number of nitrogens with one attached hydrogen (secondary N) is 1. The van der Waals surface area contributed by atoms with E-state index in [2.05, 4.69) is 75.2 Å². The van der Waals surface area contributed by atoms with Crippen LogP contribution in [-0.2, 0) is 0 Å². The van der Waals surface area contributed by atoms with E-state index in [1.165, 1.54) is 0 Å². The first kappa shape index (κ1) is 13.0. The monoisotopic (exact) mass is 334 g/mol. The van der Waals surface area contributed by atoms with Gasteiger partial charge < -0.3 is 10.2 Å². The lowest BCUT2D eigenvalue weighted by Gasteiger charge is -2.20. The summed E-state index contributed by atoms with van der Waals surface area (Å²) in [4.78, 5) is 2.20. The molecule has 4 heteroatoms. The van der Waals surface area contributed by atoms with Gasteiger partial charge in [0.25, 0.3) is 0 Å². The van der Waals surface area contributed by atoms with Gasteiger partial charge in [0.1, 0.15) is 0 Å². The first-order valence-corrected chi connectivity index (χ1v) is 6.44. The zero-order chi connectivity index (χ0) is 11.4. The van der Waals surface area contributed by atoms with Crippen molar-refractivity contribution in [1.29, 1.82) is 0 Å². The number of rotatable bonds is 4. The fourth-order valence-corrected chi connectivity index (χ4v) is 1.68. The normalized spacial score (nSPS) is 12.9. The molecule has 84 valence electrons. The summed E-state index contributed by atoms with van der Waals surface area (Å²) in [7, 11) is 4.17. The molecule has 0 aliphatic heterocycles. The molecule has 2 nitrogen and oxygen atoms in total. The third kappa shape index (κ3) is 4.13. The second-order valence-electron chi connectivity index (χ2n) is 3.82. The molecule has 0 heterocycles. The maximum atomic E-state index is 3.48. The van der Waals surface area contributed by atoms with Crippen molar-refractivity contribution >= 4 is 37.5 Å². The summed E-state index contributed by atoms with van der Waals surface area (Å²) < 4.78 is 2.15. The lowest BCUT2D eigenvalue weighted by molar-refractivity contribution is 0.326. The molecule has 1 unspecified atom stereocenters. The Labute approximate surface area is 108 Å². The van der Waals surface area contributed by atoms with Gasteiger partial charge in [-0.2, -0.15) is 0 Å². The number of hydrogen-bond donors (Lipinski definition) is 1. The molecule has 1 aromatic carbocycles. The van der Waals surface area contributed by atoms with Gasteiger partial charge in [-0.25, -0.2) is 0 Å². The largest absolute Gasteiger partial charge is 0.383 e. The van der Waals surface area contributed by atoms with Gasteiger partial charge in [0, 0.05) is 27.2 Å². The molecule has 0 fully saturated rings. The van der Waals surface area contributed by atoms with Gasteiger partial charge >= 0.3 is 0 Å². The van der Waals surface area contributed by atoms with Crippen molar-refractivity contribution in [3.63, 3.8) is 0 Å². The highest BCUT2D eigenvalue weighted by Gasteiger charge is 2.04. The topological polar surface area (TPSA) is 15.3 Å². The lowest BCUT2D eigenvalue weighted by atomic mass is 10.3. The van der Waals surface area contributed by atoms with Gasteiger partial charge in [0.05, 0.1) is 0 Å². The van der Waals surface area contributed by atoms with Crippen LogP contribution in [0.5, 0.6) is 0 Å². The van der Waals surface area contributed by atoms with Crippen LogP contribution in [0.1, 0.15) is 6.92 Å². The van der Waals surface area contributed by atoms with Crippen LogP contribution in [0.2, 0.25) is 0 Å². The predicted molar refractivity (Wildman–Crippen MR) is 73.5 cm³/mol. The summed E-state index contributed by atoms with van der Waals surface area (Å²) in [6.45, 7) is 3.14. The molecule has 1 N–H and O–H groups in total. The minimum Gasteiger partial charge on any atom is -0.383 e. The third-order valence-electron chi connectivity index (χ3n) is 2.40. The molecule has 0 aromatic heterocycles. The Kier molecular flexibility index (Phi) is 5.09. The Balaban J connectivity index is 2.55. The molecular formula is C11H16Br2N2. The molecule has 0 saturated carbocycles. The molecule has 0 bridgehead atoms. The maximum absolute atomic E-state index is 3.48. The van der Waals surface area contributed by atoms with Crippen molar-refractivity contribution in [2.24, 2.45) is 0 Å². The average Bonchev–Trinajstić information content (AvgIpc) is 2.19. The lowest BCUT2D eigenvalue weighted by Crippen LogP contribution is -2.31. The highest BCUT2D eigenvalue weighted by molar-refractivity contribution is 9.13. The van der Waals surface area contributed by atoms with Gasteiger partial charge in [0.15, 0.2) is 0 Å². The quantitative estimate of drug-likeness (QED) is 0.904. The number of anilines is 1. The first-order chi connectivity index (χ1) is 7.00.